The van der Waals surface area contributed by atoms with E-state index in [4.69, 9.17) is 23.2 Å². The van der Waals surface area contributed by atoms with Gasteiger partial charge in [0.15, 0.2) is 0 Å². The van der Waals surface area contributed by atoms with Crippen LogP contribution in [0, 0.1) is 0 Å². The highest BCUT2D eigenvalue weighted by atomic mass is 35.5. The first kappa shape index (κ1) is 20.5. The van der Waals surface area contributed by atoms with Gasteiger partial charge in [-0.3, -0.25) is 4.79 Å². The molecule has 0 saturated carbocycles. The first-order valence-electron chi connectivity index (χ1n) is 8.47. The Balaban J connectivity index is 1.70. The van der Waals surface area contributed by atoms with Gasteiger partial charge in [-0.1, -0.05) is 29.3 Å². The summed E-state index contributed by atoms with van der Waals surface area (Å²) in [6, 6.07) is 10.1. The number of amides is 1. The molecule has 146 valence electrons. The van der Waals surface area contributed by atoms with Crippen LogP contribution in [0.4, 0.5) is 5.95 Å². The lowest BCUT2D eigenvalue weighted by atomic mass is 10.1. The molecule has 0 bridgehead atoms. The zero-order valence-electron chi connectivity index (χ0n) is 14.9. The molecular formula is C19H18Cl2N4O2S. The van der Waals surface area contributed by atoms with Crippen LogP contribution in [0.15, 0.2) is 42.6 Å². The fraction of sp³-hybridized carbons (Fsp3) is 0.211. The summed E-state index contributed by atoms with van der Waals surface area (Å²) < 4.78 is 0. The topological polar surface area (TPSA) is 87.1 Å². The number of thiophene rings is 1. The van der Waals surface area contributed by atoms with Gasteiger partial charge in [-0.25, -0.2) is 9.97 Å². The lowest BCUT2D eigenvalue weighted by molar-refractivity contribution is 0.0920. The van der Waals surface area contributed by atoms with Crippen LogP contribution < -0.4 is 10.6 Å². The van der Waals surface area contributed by atoms with Gasteiger partial charge in [-0.15, -0.1) is 11.3 Å². The molecule has 3 rings (SSSR count). The molecule has 0 saturated heterocycles. The van der Waals surface area contributed by atoms with Gasteiger partial charge in [0.2, 0.25) is 5.95 Å². The second-order valence-corrected chi connectivity index (χ2v) is 7.90. The van der Waals surface area contributed by atoms with Crippen molar-refractivity contribution in [2.75, 3.05) is 19.0 Å². The maximum absolute atomic E-state index is 12.6. The fourth-order valence-corrected chi connectivity index (χ4v) is 3.95. The summed E-state index contributed by atoms with van der Waals surface area (Å²) >= 11 is 13.4. The van der Waals surface area contributed by atoms with Crippen molar-refractivity contribution in [2.24, 2.45) is 0 Å². The van der Waals surface area contributed by atoms with Crippen LogP contribution >= 0.6 is 34.5 Å². The molecule has 2 aromatic heterocycles. The summed E-state index contributed by atoms with van der Waals surface area (Å²) in [6.07, 6.45) is 2.05. The molecule has 1 unspecified atom stereocenters. The van der Waals surface area contributed by atoms with Crippen LogP contribution in [0.1, 0.15) is 15.2 Å². The number of nitrogens with one attached hydrogen (secondary N) is 2. The highest BCUT2D eigenvalue weighted by Crippen LogP contribution is 2.27. The number of carbonyl (C=O) groups is 1. The Morgan fingerprint density at radius 3 is 2.79 bits per heavy atom. The van der Waals surface area contributed by atoms with Crippen molar-refractivity contribution in [3.63, 3.8) is 0 Å². The minimum Gasteiger partial charge on any atom is -0.394 e. The molecule has 0 fully saturated rings. The number of benzene rings is 1. The lowest BCUT2D eigenvalue weighted by Crippen LogP contribution is -2.38. The molecule has 6 nitrogen and oxygen atoms in total. The molecule has 0 aliphatic carbocycles. The Labute approximate surface area is 176 Å². The molecule has 1 aromatic carbocycles. The van der Waals surface area contributed by atoms with E-state index in [1.807, 2.05) is 6.07 Å². The van der Waals surface area contributed by atoms with Crippen molar-refractivity contribution < 1.29 is 9.90 Å². The average molecular weight is 437 g/mol. The largest absolute Gasteiger partial charge is 0.394 e. The SMILES string of the molecule is CNc1nccc(-c2ccc(C(=O)NC(CO)Cc3ccc(Cl)cc3Cl)s2)n1. The minimum atomic E-state index is -0.466. The summed E-state index contributed by atoms with van der Waals surface area (Å²) in [6.45, 7) is -0.208. The number of hydrogen-bond acceptors (Lipinski definition) is 6. The van der Waals surface area contributed by atoms with Crippen molar-refractivity contribution >= 4 is 46.4 Å². The number of hydrogen-bond donors (Lipinski definition) is 3. The van der Waals surface area contributed by atoms with E-state index >= 15 is 0 Å². The van der Waals surface area contributed by atoms with E-state index in [2.05, 4.69) is 20.6 Å². The predicted molar refractivity (Wildman–Crippen MR) is 113 cm³/mol. The van der Waals surface area contributed by atoms with Crippen LogP contribution in [0.5, 0.6) is 0 Å². The molecule has 3 N–H and O–H groups in total. The maximum atomic E-state index is 12.6. The standard InChI is InChI=1S/C19H18Cl2N4O2S/c1-22-19-23-7-6-15(25-19)16-4-5-17(28-16)18(27)24-13(10-26)8-11-2-3-12(20)9-14(11)21/h2-7,9,13,26H,8,10H2,1H3,(H,24,27)(H,22,23,25). The van der Waals surface area contributed by atoms with Gasteiger partial charge < -0.3 is 15.7 Å². The Morgan fingerprint density at radius 1 is 1.25 bits per heavy atom. The number of rotatable bonds is 7. The van der Waals surface area contributed by atoms with Crippen molar-refractivity contribution in [1.82, 2.24) is 15.3 Å². The summed E-state index contributed by atoms with van der Waals surface area (Å²) in [7, 11) is 1.74. The van der Waals surface area contributed by atoms with Crippen molar-refractivity contribution in [3.05, 3.63) is 63.1 Å². The van der Waals surface area contributed by atoms with Crippen LogP contribution in [0.25, 0.3) is 10.6 Å². The Kier molecular flexibility index (Phi) is 6.85. The van der Waals surface area contributed by atoms with E-state index in [1.165, 1.54) is 11.3 Å². The zero-order chi connectivity index (χ0) is 20.1. The zero-order valence-corrected chi connectivity index (χ0v) is 17.3. The van der Waals surface area contributed by atoms with Gasteiger partial charge in [0.05, 0.1) is 28.1 Å². The van der Waals surface area contributed by atoms with Crippen LogP contribution in [-0.2, 0) is 6.42 Å². The molecule has 0 radical (unpaired) electrons. The second-order valence-electron chi connectivity index (χ2n) is 5.97. The summed E-state index contributed by atoms with van der Waals surface area (Å²) in [5.41, 5.74) is 1.54. The van der Waals surface area contributed by atoms with Gasteiger partial charge in [0.1, 0.15) is 0 Å². The molecule has 28 heavy (non-hydrogen) atoms. The molecule has 1 atom stereocenters. The van der Waals surface area contributed by atoms with Crippen molar-refractivity contribution in [2.45, 2.75) is 12.5 Å². The number of aliphatic hydroxyl groups is 1. The number of carbonyl (C=O) groups excluding carboxylic acids is 1. The maximum Gasteiger partial charge on any atom is 0.261 e. The summed E-state index contributed by atoms with van der Waals surface area (Å²) in [5.74, 6) is 0.250. The number of aliphatic hydroxyl groups excluding tert-OH is 1. The van der Waals surface area contributed by atoms with Gasteiger partial charge in [0, 0.05) is 23.3 Å². The molecule has 0 aliphatic heterocycles. The third kappa shape index (κ3) is 4.99. The Bertz CT molecular complexity index is 980. The number of anilines is 1. The van der Waals surface area contributed by atoms with Crippen LogP contribution in [0.3, 0.4) is 0 Å². The molecule has 0 spiro atoms. The lowest BCUT2D eigenvalue weighted by Gasteiger charge is -2.16. The second kappa shape index (κ2) is 9.34. The van der Waals surface area contributed by atoms with Gasteiger partial charge in [-0.05, 0) is 42.3 Å². The van der Waals surface area contributed by atoms with Crippen LogP contribution in [0.2, 0.25) is 10.0 Å². The van der Waals surface area contributed by atoms with Crippen molar-refractivity contribution in [1.29, 1.82) is 0 Å². The smallest absolute Gasteiger partial charge is 0.261 e. The molecule has 3 aromatic rings. The van der Waals surface area contributed by atoms with E-state index < -0.39 is 6.04 Å². The van der Waals surface area contributed by atoms with E-state index in [9.17, 15) is 9.90 Å². The quantitative estimate of drug-likeness (QED) is 0.522. The van der Waals surface area contributed by atoms with E-state index in [0.717, 1.165) is 16.1 Å². The molecule has 0 aliphatic rings. The third-order valence-corrected chi connectivity index (χ3v) is 5.69. The van der Waals surface area contributed by atoms with Gasteiger partial charge >= 0.3 is 0 Å². The highest BCUT2D eigenvalue weighted by Gasteiger charge is 2.17. The Hall–Kier alpha value is -2.19. The average Bonchev–Trinajstić information content (AvgIpc) is 3.19. The predicted octanol–water partition coefficient (Wildman–Crippen LogP) is 3.89. The monoisotopic (exact) mass is 436 g/mol. The minimum absolute atomic E-state index is 0.208. The molecular weight excluding hydrogens is 419 g/mol. The van der Waals surface area contributed by atoms with Gasteiger partial charge in [-0.2, -0.15) is 0 Å². The number of nitrogens with zero attached hydrogens (tertiary/aromatic N) is 2. The van der Waals surface area contributed by atoms with Crippen LogP contribution in [-0.4, -0.2) is 40.7 Å². The Morgan fingerprint density at radius 2 is 2.07 bits per heavy atom. The molecule has 1 amide bonds. The number of aromatic nitrogens is 2. The fourth-order valence-electron chi connectivity index (χ4n) is 2.58. The highest BCUT2D eigenvalue weighted by molar-refractivity contribution is 7.17. The van der Waals surface area contributed by atoms with E-state index in [-0.39, 0.29) is 12.5 Å². The van der Waals surface area contributed by atoms with Crippen molar-refractivity contribution in [3.8, 4) is 10.6 Å². The first-order valence-corrected chi connectivity index (χ1v) is 10.0. The molecule has 9 heteroatoms. The third-order valence-electron chi connectivity index (χ3n) is 4.00. The normalized spacial score (nSPS) is 11.9. The summed E-state index contributed by atoms with van der Waals surface area (Å²) in [4.78, 5) is 22.4. The first-order chi connectivity index (χ1) is 13.5. The summed E-state index contributed by atoms with van der Waals surface area (Å²) in [5, 5.41) is 16.4. The van der Waals surface area contributed by atoms with E-state index in [0.29, 0.717) is 27.3 Å². The van der Waals surface area contributed by atoms with Gasteiger partial charge in [0.25, 0.3) is 5.91 Å². The number of halogens is 2. The molecule has 2 heterocycles. The van der Waals surface area contributed by atoms with E-state index in [1.54, 1.807) is 43.6 Å².